The molecule has 1 aliphatic rings. The van der Waals surface area contributed by atoms with Gasteiger partial charge >= 0.3 is 0 Å². The fourth-order valence-electron chi connectivity index (χ4n) is 3.14. The lowest BCUT2D eigenvalue weighted by atomic mass is 9.91. The van der Waals surface area contributed by atoms with Gasteiger partial charge in [0.15, 0.2) is 6.29 Å². The Kier molecular flexibility index (Phi) is 4.26. The molecule has 2 heterocycles. The van der Waals surface area contributed by atoms with Crippen molar-refractivity contribution in [3.63, 3.8) is 0 Å². The molecule has 1 aromatic heterocycles. The Hall–Kier alpha value is -1.40. The van der Waals surface area contributed by atoms with Crippen LogP contribution >= 0.6 is 0 Å². The summed E-state index contributed by atoms with van der Waals surface area (Å²) in [5.41, 5.74) is 2.85. The number of rotatable bonds is 4. The quantitative estimate of drug-likeness (QED) is 0.750. The summed E-state index contributed by atoms with van der Waals surface area (Å²) in [4.78, 5) is 0. The zero-order valence-corrected chi connectivity index (χ0v) is 12.2. The molecule has 0 unspecified atom stereocenters. The monoisotopic (exact) mass is 290 g/mol. The molecule has 1 fully saturated rings. The average molecular weight is 290 g/mol. The minimum absolute atomic E-state index is 0.517. The van der Waals surface area contributed by atoms with Crippen LogP contribution in [0.4, 0.5) is 0 Å². The van der Waals surface area contributed by atoms with Gasteiger partial charge in [-0.05, 0) is 49.6 Å². The zero-order valence-electron chi connectivity index (χ0n) is 12.2. The highest BCUT2D eigenvalue weighted by atomic mass is 16.5. The van der Waals surface area contributed by atoms with Crippen molar-refractivity contribution in [1.29, 1.82) is 0 Å². The maximum Gasteiger partial charge on any atom is 0.194 e. The molecule has 0 amide bonds. The third kappa shape index (κ3) is 2.82. The van der Waals surface area contributed by atoms with Gasteiger partial charge in [-0.15, -0.1) is 0 Å². The van der Waals surface area contributed by atoms with E-state index in [9.17, 15) is 10.2 Å². The molecule has 0 aliphatic carbocycles. The first-order valence-corrected chi connectivity index (χ1v) is 7.42. The summed E-state index contributed by atoms with van der Waals surface area (Å²) < 4.78 is 7.31. The highest BCUT2D eigenvalue weighted by molar-refractivity contribution is 5.82. The molecule has 0 atom stereocenters. The first-order valence-electron chi connectivity index (χ1n) is 7.42. The summed E-state index contributed by atoms with van der Waals surface area (Å²) >= 11 is 0. The van der Waals surface area contributed by atoms with Crippen LogP contribution in [0.2, 0.25) is 0 Å². The summed E-state index contributed by atoms with van der Waals surface area (Å²) in [6.45, 7) is 2.20. The molecule has 1 aliphatic heterocycles. The second-order valence-corrected chi connectivity index (χ2v) is 5.59. The van der Waals surface area contributed by atoms with Crippen molar-refractivity contribution in [2.75, 3.05) is 20.3 Å². The molecule has 0 saturated carbocycles. The van der Waals surface area contributed by atoms with Crippen LogP contribution in [0, 0.1) is 0 Å². The van der Waals surface area contributed by atoms with E-state index >= 15 is 0 Å². The normalized spacial score (nSPS) is 17.0. The van der Waals surface area contributed by atoms with Gasteiger partial charge < -0.3 is 24.8 Å². The second kappa shape index (κ2) is 6.15. The number of fused-ring (bicyclic) bond motifs is 1. The Balaban J connectivity index is 2.01. The number of benzene rings is 1. The molecule has 3 N–H and O–H groups in total. The van der Waals surface area contributed by atoms with E-state index in [1.807, 2.05) is 17.7 Å². The molecule has 2 aromatic rings. The van der Waals surface area contributed by atoms with Gasteiger partial charge in [0.2, 0.25) is 0 Å². The molecule has 5 nitrogen and oxygen atoms in total. The van der Waals surface area contributed by atoms with E-state index in [1.165, 1.54) is 5.56 Å². The molecule has 0 bridgehead atoms. The minimum Gasteiger partial charge on any atom is -0.381 e. The Labute approximate surface area is 124 Å². The van der Waals surface area contributed by atoms with Crippen molar-refractivity contribution in [1.82, 2.24) is 9.88 Å². The lowest BCUT2D eigenvalue weighted by molar-refractivity contribution is -0.0482. The molecule has 1 aromatic carbocycles. The minimum atomic E-state index is -1.46. The molecule has 21 heavy (non-hydrogen) atoms. The molecule has 0 radical (unpaired) electrons. The number of nitrogens with one attached hydrogen (secondary N) is 1. The number of aliphatic hydroxyl groups is 2. The topological polar surface area (TPSA) is 66.7 Å². The van der Waals surface area contributed by atoms with E-state index < -0.39 is 6.29 Å². The van der Waals surface area contributed by atoms with E-state index in [0.29, 0.717) is 18.3 Å². The number of aliphatic hydroxyl groups excluding tert-OH is 1. The summed E-state index contributed by atoms with van der Waals surface area (Å²) in [7, 11) is 1.84. The Morgan fingerprint density at radius 2 is 2.05 bits per heavy atom. The van der Waals surface area contributed by atoms with Crippen molar-refractivity contribution in [2.24, 2.45) is 0 Å². The predicted molar refractivity (Wildman–Crippen MR) is 81.0 cm³/mol. The largest absolute Gasteiger partial charge is 0.381 e. The highest BCUT2D eigenvalue weighted by Crippen LogP contribution is 2.31. The van der Waals surface area contributed by atoms with Gasteiger partial charge in [0.05, 0.1) is 12.4 Å². The maximum absolute atomic E-state index is 9.54. The number of hydrogen-bond acceptors (Lipinski definition) is 4. The van der Waals surface area contributed by atoms with Gasteiger partial charge in [0.25, 0.3) is 0 Å². The van der Waals surface area contributed by atoms with Gasteiger partial charge in [-0.1, -0.05) is 6.07 Å². The first-order chi connectivity index (χ1) is 10.2. The zero-order chi connectivity index (χ0) is 14.8. The van der Waals surface area contributed by atoms with Crippen molar-refractivity contribution in [3.8, 4) is 0 Å². The molecular formula is C16H22N2O3. The van der Waals surface area contributed by atoms with Gasteiger partial charge in [-0.3, -0.25) is 0 Å². The predicted octanol–water partition coefficient (Wildman–Crippen LogP) is 1.70. The van der Waals surface area contributed by atoms with Crippen LogP contribution < -0.4 is 5.32 Å². The first kappa shape index (κ1) is 14.5. The van der Waals surface area contributed by atoms with Crippen LogP contribution in [0.15, 0.2) is 24.3 Å². The fourth-order valence-corrected chi connectivity index (χ4v) is 3.14. The summed E-state index contributed by atoms with van der Waals surface area (Å²) in [5.74, 6) is 0.540. The van der Waals surface area contributed by atoms with Crippen LogP contribution in [-0.4, -0.2) is 35.0 Å². The standard InChI is InChI=1S/C16H22N2O3/c1-17-10-18-14-3-2-12(11-4-6-21-7-5-11)8-13(14)9-15(18)16(19)20/h2-3,8-9,11,16-17,19-20H,4-7,10H2,1H3. The second-order valence-electron chi connectivity index (χ2n) is 5.59. The van der Waals surface area contributed by atoms with Gasteiger partial charge in [0, 0.05) is 24.1 Å². The Morgan fingerprint density at radius 1 is 1.29 bits per heavy atom. The number of ether oxygens (including phenoxy) is 1. The Morgan fingerprint density at radius 3 is 2.71 bits per heavy atom. The molecular weight excluding hydrogens is 268 g/mol. The molecule has 114 valence electrons. The van der Waals surface area contributed by atoms with E-state index in [4.69, 9.17) is 4.74 Å². The van der Waals surface area contributed by atoms with E-state index in [0.717, 1.165) is 37.0 Å². The van der Waals surface area contributed by atoms with Crippen LogP contribution in [-0.2, 0) is 11.4 Å². The van der Waals surface area contributed by atoms with Crippen LogP contribution in [0.5, 0.6) is 0 Å². The number of aromatic nitrogens is 1. The molecule has 3 rings (SSSR count). The van der Waals surface area contributed by atoms with E-state index in [2.05, 4.69) is 23.5 Å². The van der Waals surface area contributed by atoms with Gasteiger partial charge in [-0.25, -0.2) is 0 Å². The van der Waals surface area contributed by atoms with E-state index in [1.54, 1.807) is 0 Å². The maximum atomic E-state index is 9.54. The fraction of sp³-hybridized carbons (Fsp3) is 0.500. The molecule has 0 spiro atoms. The lowest BCUT2D eigenvalue weighted by Crippen LogP contribution is -2.16. The van der Waals surface area contributed by atoms with Crippen molar-refractivity contribution >= 4 is 10.9 Å². The third-order valence-electron chi connectivity index (χ3n) is 4.23. The summed E-state index contributed by atoms with van der Waals surface area (Å²) in [5, 5.41) is 23.2. The van der Waals surface area contributed by atoms with Crippen LogP contribution in [0.3, 0.4) is 0 Å². The number of hydrogen-bond donors (Lipinski definition) is 3. The van der Waals surface area contributed by atoms with Crippen LogP contribution in [0.25, 0.3) is 10.9 Å². The smallest absolute Gasteiger partial charge is 0.194 e. The average Bonchev–Trinajstić information content (AvgIpc) is 2.87. The number of nitrogens with zero attached hydrogens (tertiary/aromatic N) is 1. The SMILES string of the molecule is CNCn1c(C(O)O)cc2cc(C3CCOCC3)ccc21. The highest BCUT2D eigenvalue weighted by Gasteiger charge is 2.18. The van der Waals surface area contributed by atoms with Crippen molar-refractivity contribution in [2.45, 2.75) is 31.7 Å². The van der Waals surface area contributed by atoms with E-state index in [-0.39, 0.29) is 0 Å². The van der Waals surface area contributed by atoms with Gasteiger partial charge in [0.1, 0.15) is 0 Å². The van der Waals surface area contributed by atoms with Crippen molar-refractivity contribution < 1.29 is 14.9 Å². The molecule has 1 saturated heterocycles. The molecule has 5 heteroatoms. The summed E-state index contributed by atoms with van der Waals surface area (Å²) in [6, 6.07) is 8.25. The summed E-state index contributed by atoms with van der Waals surface area (Å²) in [6.07, 6.45) is 0.647. The Bertz CT molecular complexity index is 615. The van der Waals surface area contributed by atoms with Gasteiger partial charge in [-0.2, -0.15) is 0 Å². The van der Waals surface area contributed by atoms with Crippen molar-refractivity contribution in [3.05, 3.63) is 35.5 Å². The third-order valence-corrected chi connectivity index (χ3v) is 4.23. The lowest BCUT2D eigenvalue weighted by Gasteiger charge is -2.22. The van der Waals surface area contributed by atoms with Crippen LogP contribution in [0.1, 0.15) is 36.3 Å².